The van der Waals surface area contributed by atoms with Crippen molar-refractivity contribution >= 4 is 90.1 Å². The van der Waals surface area contributed by atoms with Gasteiger partial charge in [0.15, 0.2) is 16.6 Å². The molecule has 0 N–H and O–H groups in total. The molecule has 0 heterocycles. The Hall–Kier alpha value is 2.36. The summed E-state index contributed by atoms with van der Waals surface area (Å²) in [5.41, 5.74) is 0. The van der Waals surface area contributed by atoms with E-state index in [2.05, 4.69) is 107 Å². The first-order valence-electron chi connectivity index (χ1n) is 8.00. The highest BCUT2D eigenvalue weighted by atomic mass is 79.9. The standard InChI is InChI=1S/C12H33Br3O4Si5/c1-20(2,3)16-22(7,10-13)18-24(9,12-15)19-23(8,11-14)17-21(4,5)6/h10-12H2,1-9H3. The third kappa shape index (κ3) is 10.6. The molecule has 4 nitrogen and oxygen atoms in total. The monoisotopic (exact) mass is 618 g/mol. The minimum Gasteiger partial charge on any atom is -0.436 e. The Bertz CT molecular complexity index is 375. The molecule has 146 valence electrons. The van der Waals surface area contributed by atoms with Gasteiger partial charge in [-0.2, -0.15) is 0 Å². The smallest absolute Gasteiger partial charge is 0.328 e. The molecule has 0 spiro atoms. The summed E-state index contributed by atoms with van der Waals surface area (Å²) < 4.78 is 26.1. The normalized spacial score (nSPS) is 21.0. The van der Waals surface area contributed by atoms with Crippen molar-refractivity contribution in [3.63, 3.8) is 0 Å². The van der Waals surface area contributed by atoms with Gasteiger partial charge in [0.1, 0.15) is 0 Å². The maximum absolute atomic E-state index is 6.64. The van der Waals surface area contributed by atoms with Crippen LogP contribution in [0.4, 0.5) is 0 Å². The van der Waals surface area contributed by atoms with Gasteiger partial charge in [0.05, 0.1) is 0 Å². The van der Waals surface area contributed by atoms with Crippen molar-refractivity contribution in [1.29, 1.82) is 0 Å². The molecule has 0 aliphatic heterocycles. The van der Waals surface area contributed by atoms with Crippen molar-refractivity contribution in [2.45, 2.75) is 58.9 Å². The van der Waals surface area contributed by atoms with Gasteiger partial charge in [-0.15, -0.1) is 0 Å². The SMILES string of the molecule is C[Si](C)(C)O[Si](C)(CBr)O[Si](C)(CBr)O[Si](C)(CBr)O[Si](C)(C)C. The first kappa shape index (κ1) is 26.4. The summed E-state index contributed by atoms with van der Waals surface area (Å²) in [6, 6.07) is 0. The van der Waals surface area contributed by atoms with Crippen molar-refractivity contribution in [1.82, 2.24) is 0 Å². The Morgan fingerprint density at radius 3 is 0.833 bits per heavy atom. The number of alkyl halides is 3. The zero-order chi connectivity index (χ0) is 19.4. The predicted octanol–water partition coefficient (Wildman–Crippen LogP) is 5.74. The minimum absolute atomic E-state index is 0.704. The summed E-state index contributed by atoms with van der Waals surface area (Å²) in [5.74, 6) is 0. The van der Waals surface area contributed by atoms with Gasteiger partial charge in [-0.3, -0.25) is 0 Å². The van der Waals surface area contributed by atoms with E-state index in [0.717, 1.165) is 9.91 Å². The Morgan fingerprint density at radius 1 is 0.458 bits per heavy atom. The lowest BCUT2D eigenvalue weighted by molar-refractivity contribution is 0.298. The first-order chi connectivity index (χ1) is 10.5. The molecular weight excluding hydrogens is 588 g/mol. The van der Waals surface area contributed by atoms with Gasteiger partial charge in [-0.25, -0.2) is 0 Å². The second-order valence-corrected chi connectivity index (χ2v) is 32.8. The molecule has 0 fully saturated rings. The molecule has 0 saturated carbocycles. The fourth-order valence-corrected chi connectivity index (χ4v) is 29.2. The summed E-state index contributed by atoms with van der Waals surface area (Å²) in [6.45, 7) is 19.6. The summed E-state index contributed by atoms with van der Waals surface area (Å²) >= 11 is 10.9. The van der Waals surface area contributed by atoms with E-state index in [0.29, 0.717) is 4.95 Å². The second-order valence-electron chi connectivity index (χ2n) is 8.44. The zero-order valence-corrected chi connectivity index (χ0v) is 26.1. The van der Waals surface area contributed by atoms with E-state index >= 15 is 0 Å². The first-order valence-corrected chi connectivity index (χ1v) is 25.7. The molecule has 0 rings (SSSR count). The van der Waals surface area contributed by atoms with Crippen LogP contribution in [-0.4, -0.2) is 57.2 Å². The highest BCUT2D eigenvalue weighted by Gasteiger charge is 2.49. The van der Waals surface area contributed by atoms with Gasteiger partial charge in [0.25, 0.3) is 0 Å². The van der Waals surface area contributed by atoms with Gasteiger partial charge < -0.3 is 16.5 Å². The minimum atomic E-state index is -2.46. The fourth-order valence-electron chi connectivity index (χ4n) is 2.43. The van der Waals surface area contributed by atoms with Crippen LogP contribution in [0, 0.1) is 0 Å². The summed E-state index contributed by atoms with van der Waals surface area (Å²) in [5, 5.41) is 0. The van der Waals surface area contributed by atoms with Crippen LogP contribution in [0.2, 0.25) is 58.9 Å². The molecular formula is C12H33Br3O4Si5. The van der Waals surface area contributed by atoms with Crippen LogP contribution < -0.4 is 0 Å². The topological polar surface area (TPSA) is 36.9 Å². The largest absolute Gasteiger partial charge is 0.436 e. The van der Waals surface area contributed by atoms with Crippen LogP contribution in [0.1, 0.15) is 0 Å². The number of hydrogen-bond acceptors (Lipinski definition) is 4. The average molecular weight is 622 g/mol. The number of halogens is 3. The van der Waals surface area contributed by atoms with Gasteiger partial charge in [-0.1, -0.05) is 47.8 Å². The molecule has 12 heteroatoms. The predicted molar refractivity (Wildman–Crippen MR) is 127 cm³/mol. The zero-order valence-electron chi connectivity index (χ0n) is 16.4. The molecule has 0 aromatic carbocycles. The maximum atomic E-state index is 6.64. The fraction of sp³-hybridized carbons (Fsp3) is 1.00. The quantitative estimate of drug-likeness (QED) is 0.218. The van der Waals surface area contributed by atoms with E-state index in [9.17, 15) is 0 Å². The lowest BCUT2D eigenvalue weighted by Crippen LogP contribution is -2.63. The molecule has 0 aromatic heterocycles. The van der Waals surface area contributed by atoms with Crippen LogP contribution >= 0.6 is 47.8 Å². The van der Waals surface area contributed by atoms with Crippen molar-refractivity contribution in [2.75, 3.05) is 14.9 Å². The molecule has 2 atom stereocenters. The van der Waals surface area contributed by atoms with Crippen LogP contribution in [0.3, 0.4) is 0 Å². The number of hydrogen-bond donors (Lipinski definition) is 0. The average Bonchev–Trinajstić information content (AvgIpc) is 2.33. The van der Waals surface area contributed by atoms with Crippen LogP contribution in [0.5, 0.6) is 0 Å². The molecule has 24 heavy (non-hydrogen) atoms. The van der Waals surface area contributed by atoms with Crippen molar-refractivity contribution in [2.24, 2.45) is 0 Å². The Labute approximate surface area is 179 Å². The van der Waals surface area contributed by atoms with Crippen molar-refractivity contribution in [3.05, 3.63) is 0 Å². The highest BCUT2D eigenvalue weighted by molar-refractivity contribution is 9.10. The lowest BCUT2D eigenvalue weighted by atomic mass is 11.8. The molecule has 0 amide bonds. The Morgan fingerprint density at radius 2 is 0.667 bits per heavy atom. The summed E-state index contributed by atoms with van der Waals surface area (Å²) in [7, 11) is -10.5. The van der Waals surface area contributed by atoms with E-state index < -0.39 is 42.3 Å². The third-order valence-electron chi connectivity index (χ3n) is 2.64. The lowest BCUT2D eigenvalue weighted by Gasteiger charge is -2.43. The van der Waals surface area contributed by atoms with Crippen molar-refractivity contribution in [3.8, 4) is 0 Å². The van der Waals surface area contributed by atoms with Crippen LogP contribution in [0.25, 0.3) is 0 Å². The van der Waals surface area contributed by atoms with E-state index in [1.54, 1.807) is 0 Å². The molecule has 0 aliphatic carbocycles. The molecule has 2 unspecified atom stereocenters. The maximum Gasteiger partial charge on any atom is 0.328 e. The van der Waals surface area contributed by atoms with E-state index in [1.165, 1.54) is 0 Å². The van der Waals surface area contributed by atoms with Gasteiger partial charge in [0, 0.05) is 14.9 Å². The summed E-state index contributed by atoms with van der Waals surface area (Å²) in [6.07, 6.45) is 0. The van der Waals surface area contributed by atoms with Gasteiger partial charge in [0.2, 0.25) is 0 Å². The Kier molecular flexibility index (Phi) is 10.7. The number of rotatable bonds is 11. The highest BCUT2D eigenvalue weighted by Crippen LogP contribution is 2.28. The molecule has 0 radical (unpaired) electrons. The van der Waals surface area contributed by atoms with E-state index in [1.807, 2.05) is 0 Å². The van der Waals surface area contributed by atoms with Gasteiger partial charge in [-0.05, 0) is 58.9 Å². The van der Waals surface area contributed by atoms with Crippen LogP contribution in [0.15, 0.2) is 0 Å². The molecule has 0 aliphatic rings. The molecule has 0 saturated heterocycles. The van der Waals surface area contributed by atoms with E-state index in [4.69, 9.17) is 16.5 Å². The van der Waals surface area contributed by atoms with Gasteiger partial charge >= 0.3 is 25.7 Å². The summed E-state index contributed by atoms with van der Waals surface area (Å²) in [4.78, 5) is 2.19. The Balaban J connectivity index is 5.37. The molecule has 0 aromatic rings. The van der Waals surface area contributed by atoms with E-state index in [-0.39, 0.29) is 0 Å². The van der Waals surface area contributed by atoms with Crippen LogP contribution in [-0.2, 0) is 16.5 Å². The third-order valence-corrected chi connectivity index (χ3v) is 28.5. The second kappa shape index (κ2) is 9.72. The molecule has 0 bridgehead atoms. The van der Waals surface area contributed by atoms with Crippen molar-refractivity contribution < 1.29 is 16.5 Å².